The van der Waals surface area contributed by atoms with E-state index in [0.717, 1.165) is 12.1 Å². The van der Waals surface area contributed by atoms with Gasteiger partial charge in [-0.05, 0) is 24.3 Å². The first-order valence-corrected chi connectivity index (χ1v) is 7.20. The summed E-state index contributed by atoms with van der Waals surface area (Å²) < 4.78 is 17.9. The van der Waals surface area contributed by atoms with Crippen LogP contribution in [-0.4, -0.2) is 22.0 Å². The molecule has 0 unspecified atom stereocenters. The molecule has 116 valence electrons. The van der Waals surface area contributed by atoms with Crippen molar-refractivity contribution >= 4 is 29.0 Å². The van der Waals surface area contributed by atoms with Crippen LogP contribution < -0.4 is 11.1 Å². The van der Waals surface area contributed by atoms with Crippen molar-refractivity contribution in [2.24, 2.45) is 5.73 Å². The van der Waals surface area contributed by atoms with Crippen LogP contribution >= 0.6 is 11.3 Å². The highest BCUT2D eigenvalue weighted by Crippen LogP contribution is 2.30. The summed E-state index contributed by atoms with van der Waals surface area (Å²) in [6.07, 6.45) is 1.54. The molecule has 2 heterocycles. The van der Waals surface area contributed by atoms with Crippen LogP contribution in [0.2, 0.25) is 0 Å². The van der Waals surface area contributed by atoms with Crippen molar-refractivity contribution in [3.05, 3.63) is 52.8 Å². The molecule has 7 nitrogen and oxygen atoms in total. The molecule has 0 bridgehead atoms. The highest BCUT2D eigenvalue weighted by Gasteiger charge is 2.25. The molecule has 0 radical (unpaired) electrons. The molecule has 3 aromatic rings. The van der Waals surface area contributed by atoms with E-state index in [4.69, 9.17) is 10.3 Å². The Kier molecular flexibility index (Phi) is 3.85. The second-order valence-corrected chi connectivity index (χ2v) is 5.29. The Balaban J connectivity index is 1.93. The van der Waals surface area contributed by atoms with E-state index in [1.807, 2.05) is 0 Å². The van der Waals surface area contributed by atoms with Gasteiger partial charge in [0, 0.05) is 17.1 Å². The predicted molar refractivity (Wildman–Crippen MR) is 80.5 cm³/mol. The van der Waals surface area contributed by atoms with E-state index in [1.54, 1.807) is 5.38 Å². The molecule has 0 saturated carbocycles. The number of amides is 2. The fraction of sp³-hybridized carbons (Fsp3) is 0. The standard InChI is InChI=1S/C14H9FN4O3S/c15-8-3-1-7(2-4-8)12(21)18-13-9(11(16)20)10(19-22-13)14-17-5-6-23-14/h1-6H,(H2,16,20)(H,18,21). The van der Waals surface area contributed by atoms with E-state index in [0.29, 0.717) is 5.01 Å². The summed E-state index contributed by atoms with van der Waals surface area (Å²) in [7, 11) is 0. The van der Waals surface area contributed by atoms with Crippen LogP contribution in [0.15, 0.2) is 40.4 Å². The number of thiazole rings is 1. The van der Waals surface area contributed by atoms with E-state index in [1.165, 1.54) is 29.7 Å². The van der Waals surface area contributed by atoms with Gasteiger partial charge in [-0.1, -0.05) is 5.16 Å². The SMILES string of the molecule is NC(=O)c1c(-c2nccs2)noc1NC(=O)c1ccc(F)cc1. The molecule has 0 aliphatic rings. The van der Waals surface area contributed by atoms with Gasteiger partial charge < -0.3 is 10.3 Å². The number of halogens is 1. The molecule has 0 atom stereocenters. The van der Waals surface area contributed by atoms with Gasteiger partial charge in [0.25, 0.3) is 11.8 Å². The summed E-state index contributed by atoms with van der Waals surface area (Å²) in [5.41, 5.74) is 5.61. The summed E-state index contributed by atoms with van der Waals surface area (Å²) in [6.45, 7) is 0. The molecule has 3 rings (SSSR count). The smallest absolute Gasteiger partial charge is 0.258 e. The van der Waals surface area contributed by atoms with Crippen LogP contribution in [-0.2, 0) is 0 Å². The Bertz CT molecular complexity index is 859. The number of primary amides is 1. The van der Waals surface area contributed by atoms with Gasteiger partial charge >= 0.3 is 0 Å². The number of aromatic nitrogens is 2. The van der Waals surface area contributed by atoms with Crippen LogP contribution in [0.1, 0.15) is 20.7 Å². The van der Waals surface area contributed by atoms with E-state index in [9.17, 15) is 14.0 Å². The average Bonchev–Trinajstić information content (AvgIpc) is 3.16. The molecule has 2 aromatic heterocycles. The summed E-state index contributed by atoms with van der Waals surface area (Å²) in [5, 5.41) is 8.27. The van der Waals surface area contributed by atoms with E-state index >= 15 is 0 Å². The molecular weight excluding hydrogens is 323 g/mol. The summed E-state index contributed by atoms with van der Waals surface area (Å²) in [5.74, 6) is -2.05. The molecule has 0 spiro atoms. The Hall–Kier alpha value is -3.07. The van der Waals surface area contributed by atoms with E-state index in [2.05, 4.69) is 15.5 Å². The van der Waals surface area contributed by atoms with Crippen LogP contribution in [0.3, 0.4) is 0 Å². The molecule has 2 amide bonds. The van der Waals surface area contributed by atoms with Gasteiger partial charge in [-0.3, -0.25) is 14.9 Å². The third kappa shape index (κ3) is 2.94. The van der Waals surface area contributed by atoms with Crippen molar-refractivity contribution in [3.8, 4) is 10.7 Å². The number of carbonyl (C=O) groups excluding carboxylic acids is 2. The maximum atomic E-state index is 12.9. The first kappa shape index (κ1) is 14.9. The molecule has 23 heavy (non-hydrogen) atoms. The van der Waals surface area contributed by atoms with Crippen LogP contribution in [0.4, 0.5) is 10.3 Å². The van der Waals surface area contributed by atoms with Gasteiger partial charge in [-0.15, -0.1) is 11.3 Å². The van der Waals surface area contributed by atoms with Crippen LogP contribution in [0.5, 0.6) is 0 Å². The maximum absolute atomic E-state index is 12.9. The summed E-state index contributed by atoms with van der Waals surface area (Å²) in [4.78, 5) is 27.8. The summed E-state index contributed by atoms with van der Waals surface area (Å²) >= 11 is 1.24. The van der Waals surface area contributed by atoms with Gasteiger partial charge in [0.05, 0.1) is 0 Å². The number of carbonyl (C=O) groups is 2. The molecule has 0 saturated heterocycles. The van der Waals surface area contributed by atoms with Crippen molar-refractivity contribution < 1.29 is 18.5 Å². The number of rotatable bonds is 4. The second kappa shape index (κ2) is 5.97. The largest absolute Gasteiger partial charge is 0.365 e. The quantitative estimate of drug-likeness (QED) is 0.761. The number of anilines is 1. The minimum absolute atomic E-state index is 0.0737. The molecule has 0 aliphatic carbocycles. The zero-order valence-corrected chi connectivity index (χ0v) is 12.3. The second-order valence-electron chi connectivity index (χ2n) is 4.40. The number of hydrogen-bond acceptors (Lipinski definition) is 6. The van der Waals surface area contributed by atoms with Gasteiger partial charge in [-0.2, -0.15) is 0 Å². The number of nitrogens with zero attached hydrogens (tertiary/aromatic N) is 2. The maximum Gasteiger partial charge on any atom is 0.258 e. The molecular formula is C14H9FN4O3S. The topological polar surface area (TPSA) is 111 Å². The van der Waals surface area contributed by atoms with Crippen molar-refractivity contribution in [2.75, 3.05) is 5.32 Å². The lowest BCUT2D eigenvalue weighted by atomic mass is 10.2. The predicted octanol–water partition coefficient (Wildman–Crippen LogP) is 2.29. The average molecular weight is 332 g/mol. The van der Waals surface area contributed by atoms with Gasteiger partial charge in [-0.25, -0.2) is 9.37 Å². The van der Waals surface area contributed by atoms with Crippen LogP contribution in [0, 0.1) is 5.82 Å². The zero-order chi connectivity index (χ0) is 16.4. The Morgan fingerprint density at radius 1 is 1.26 bits per heavy atom. The van der Waals surface area contributed by atoms with Crippen molar-refractivity contribution in [1.82, 2.24) is 10.1 Å². The lowest BCUT2D eigenvalue weighted by Crippen LogP contribution is -2.17. The lowest BCUT2D eigenvalue weighted by Gasteiger charge is -2.03. The minimum atomic E-state index is -0.814. The molecule has 0 aliphatic heterocycles. The normalized spacial score (nSPS) is 10.5. The Morgan fingerprint density at radius 2 is 2.00 bits per heavy atom. The third-order valence-corrected chi connectivity index (χ3v) is 3.69. The Labute approximate surface area is 132 Å². The zero-order valence-electron chi connectivity index (χ0n) is 11.4. The van der Waals surface area contributed by atoms with Crippen molar-refractivity contribution in [2.45, 2.75) is 0 Å². The fourth-order valence-corrected chi connectivity index (χ4v) is 2.49. The Morgan fingerprint density at radius 3 is 2.61 bits per heavy atom. The molecule has 9 heteroatoms. The van der Waals surface area contributed by atoms with Crippen molar-refractivity contribution in [1.29, 1.82) is 0 Å². The number of nitrogens with one attached hydrogen (secondary N) is 1. The van der Waals surface area contributed by atoms with Gasteiger partial charge in [0.15, 0.2) is 5.69 Å². The summed E-state index contributed by atoms with van der Waals surface area (Å²) in [6, 6.07) is 4.88. The lowest BCUT2D eigenvalue weighted by molar-refractivity contribution is 0.100. The fourth-order valence-electron chi connectivity index (χ4n) is 1.87. The third-order valence-electron chi connectivity index (χ3n) is 2.91. The highest BCUT2D eigenvalue weighted by atomic mass is 32.1. The number of nitrogens with two attached hydrogens (primary N) is 1. The van der Waals surface area contributed by atoms with Gasteiger partial charge in [0.2, 0.25) is 5.88 Å². The van der Waals surface area contributed by atoms with Crippen molar-refractivity contribution in [3.63, 3.8) is 0 Å². The monoisotopic (exact) mass is 332 g/mol. The minimum Gasteiger partial charge on any atom is -0.365 e. The highest BCUT2D eigenvalue weighted by molar-refractivity contribution is 7.13. The molecule has 0 fully saturated rings. The van der Waals surface area contributed by atoms with E-state index in [-0.39, 0.29) is 22.7 Å². The first-order chi connectivity index (χ1) is 11.1. The molecule has 3 N–H and O–H groups in total. The van der Waals surface area contributed by atoms with E-state index < -0.39 is 17.6 Å². The number of benzene rings is 1. The number of hydrogen-bond donors (Lipinski definition) is 2. The molecule has 1 aromatic carbocycles. The van der Waals surface area contributed by atoms with Gasteiger partial charge in [0.1, 0.15) is 16.4 Å². The first-order valence-electron chi connectivity index (χ1n) is 6.32. The van der Waals surface area contributed by atoms with Crippen LogP contribution in [0.25, 0.3) is 10.7 Å².